The molecule has 0 aromatic heterocycles. The first-order valence-electron chi connectivity index (χ1n) is 9.97. The molecule has 28 heavy (non-hydrogen) atoms. The third-order valence-electron chi connectivity index (χ3n) is 5.50. The van der Waals surface area contributed by atoms with E-state index in [1.54, 1.807) is 0 Å². The molecule has 0 N–H and O–H groups in total. The summed E-state index contributed by atoms with van der Waals surface area (Å²) in [6, 6.07) is 35.1. The minimum atomic E-state index is -2.76. The van der Waals surface area contributed by atoms with Gasteiger partial charge in [-0.3, -0.25) is 0 Å². The first kappa shape index (κ1) is 20.8. The number of hydrogen-bond donors (Lipinski definition) is 0. The van der Waals surface area contributed by atoms with Crippen LogP contribution < -0.4 is 15.9 Å². The zero-order valence-electron chi connectivity index (χ0n) is 16.2. The molecule has 0 unspecified atom stereocenters. The second-order valence-electron chi connectivity index (χ2n) is 7.24. The summed E-state index contributed by atoms with van der Waals surface area (Å²) >= 11 is 4.48. The number of unbranched alkanes of at least 4 members (excludes halogenated alkanes) is 4. The summed E-state index contributed by atoms with van der Waals surface area (Å²) in [6.45, 7) is 0. The zero-order chi connectivity index (χ0) is 19.7. The van der Waals surface area contributed by atoms with Crippen LogP contribution in [-0.2, 0) is 0 Å². The molecular formula is C25H27BrNP. The summed E-state index contributed by atoms with van der Waals surface area (Å²) in [5, 5.41) is 10.2. The van der Waals surface area contributed by atoms with Crippen LogP contribution in [0.25, 0.3) is 0 Å². The van der Waals surface area contributed by atoms with Crippen molar-refractivity contribution in [3.63, 3.8) is 0 Å². The standard InChI is InChI=1S/C25H27BrNP/c26-28(23-15-7-4-8-16-23,24-17-9-5-10-18-24,25-19-11-6-12-20-25)22-14-3-1-2-13-21-27/h4-12,15-20H,1-3,13-14,22H2. The Morgan fingerprint density at radius 3 is 1.39 bits per heavy atom. The Morgan fingerprint density at radius 2 is 1.00 bits per heavy atom. The van der Waals surface area contributed by atoms with Gasteiger partial charge in [-0.05, 0) is 0 Å². The summed E-state index contributed by atoms with van der Waals surface area (Å²) in [5.74, 6) is 0. The molecule has 0 aliphatic heterocycles. The number of nitriles is 1. The predicted octanol–water partition coefficient (Wildman–Crippen LogP) is 6.30. The maximum absolute atomic E-state index is 8.79. The van der Waals surface area contributed by atoms with Crippen molar-refractivity contribution in [2.24, 2.45) is 0 Å². The Morgan fingerprint density at radius 1 is 0.607 bits per heavy atom. The summed E-state index contributed by atoms with van der Waals surface area (Å²) < 4.78 is 0. The van der Waals surface area contributed by atoms with Crippen LogP contribution in [0, 0.1) is 11.3 Å². The third-order valence-corrected chi connectivity index (χ3v) is 15.5. The van der Waals surface area contributed by atoms with Gasteiger partial charge in [0, 0.05) is 0 Å². The number of benzene rings is 3. The number of hydrogen-bond acceptors (Lipinski definition) is 1. The molecule has 0 aliphatic carbocycles. The fourth-order valence-electron chi connectivity index (χ4n) is 4.02. The van der Waals surface area contributed by atoms with Crippen molar-refractivity contribution in [2.75, 3.05) is 6.16 Å². The molecule has 0 amide bonds. The van der Waals surface area contributed by atoms with Crippen molar-refractivity contribution in [2.45, 2.75) is 32.1 Å². The van der Waals surface area contributed by atoms with E-state index in [2.05, 4.69) is 113 Å². The Bertz CT molecular complexity index is 804. The van der Waals surface area contributed by atoms with Gasteiger partial charge in [-0.1, -0.05) is 0 Å². The van der Waals surface area contributed by atoms with E-state index < -0.39 is 5.31 Å². The summed E-state index contributed by atoms with van der Waals surface area (Å²) in [5.41, 5.74) is 0. The van der Waals surface area contributed by atoms with E-state index >= 15 is 0 Å². The van der Waals surface area contributed by atoms with Gasteiger partial charge >= 0.3 is 177 Å². The number of rotatable bonds is 9. The van der Waals surface area contributed by atoms with Gasteiger partial charge in [0.05, 0.1) is 0 Å². The predicted molar refractivity (Wildman–Crippen MR) is 128 cm³/mol. The zero-order valence-corrected chi connectivity index (χ0v) is 18.7. The van der Waals surface area contributed by atoms with Gasteiger partial charge in [0.2, 0.25) is 0 Å². The van der Waals surface area contributed by atoms with Gasteiger partial charge in [-0.15, -0.1) is 0 Å². The molecule has 3 aromatic carbocycles. The number of halogens is 1. The van der Waals surface area contributed by atoms with Gasteiger partial charge in [0.1, 0.15) is 0 Å². The van der Waals surface area contributed by atoms with E-state index in [4.69, 9.17) is 5.26 Å². The molecule has 3 heteroatoms. The molecule has 0 atom stereocenters. The molecule has 3 aromatic rings. The van der Waals surface area contributed by atoms with E-state index in [9.17, 15) is 0 Å². The Hall–Kier alpha value is -1.94. The van der Waals surface area contributed by atoms with Crippen molar-refractivity contribution >= 4 is 36.7 Å². The summed E-state index contributed by atoms with van der Waals surface area (Å²) in [4.78, 5) is 0. The van der Waals surface area contributed by atoms with Crippen molar-refractivity contribution in [3.05, 3.63) is 91.0 Å². The molecule has 3 rings (SSSR count). The van der Waals surface area contributed by atoms with E-state index in [1.807, 2.05) is 0 Å². The first-order valence-corrected chi connectivity index (χ1v) is 14.4. The molecule has 1 nitrogen and oxygen atoms in total. The summed E-state index contributed by atoms with van der Waals surface area (Å²) in [7, 11) is 0. The van der Waals surface area contributed by atoms with E-state index in [0.717, 1.165) is 31.8 Å². The van der Waals surface area contributed by atoms with E-state index in [0.29, 0.717) is 6.42 Å². The van der Waals surface area contributed by atoms with Crippen LogP contribution in [0.3, 0.4) is 0 Å². The van der Waals surface area contributed by atoms with E-state index in [1.165, 1.54) is 15.9 Å². The molecular weight excluding hydrogens is 425 g/mol. The van der Waals surface area contributed by atoms with E-state index in [-0.39, 0.29) is 0 Å². The average molecular weight is 452 g/mol. The molecule has 0 radical (unpaired) electrons. The second-order valence-corrected chi connectivity index (χ2v) is 16.3. The second kappa shape index (κ2) is 9.51. The molecule has 0 fully saturated rings. The molecule has 0 saturated heterocycles. The molecule has 0 spiro atoms. The van der Waals surface area contributed by atoms with Gasteiger partial charge in [-0.2, -0.15) is 0 Å². The van der Waals surface area contributed by atoms with Crippen LogP contribution in [0.15, 0.2) is 91.0 Å². The third kappa shape index (κ3) is 4.07. The Balaban J connectivity index is 2.10. The van der Waals surface area contributed by atoms with Crippen LogP contribution >= 0.6 is 20.8 Å². The molecule has 0 aliphatic rings. The average Bonchev–Trinajstić information content (AvgIpc) is 2.78. The molecule has 144 valence electrons. The van der Waals surface area contributed by atoms with Crippen LogP contribution in [0.5, 0.6) is 0 Å². The quantitative estimate of drug-likeness (QED) is 0.276. The molecule has 0 bridgehead atoms. The number of nitrogens with zero attached hydrogens (tertiary/aromatic N) is 1. The van der Waals surface area contributed by atoms with Crippen molar-refractivity contribution < 1.29 is 0 Å². The van der Waals surface area contributed by atoms with Crippen molar-refractivity contribution in [1.29, 1.82) is 5.26 Å². The summed E-state index contributed by atoms with van der Waals surface area (Å²) in [6.07, 6.45) is 6.14. The fourth-order valence-corrected chi connectivity index (χ4v) is 11.8. The van der Waals surface area contributed by atoms with Gasteiger partial charge in [-0.25, -0.2) is 0 Å². The molecule has 0 heterocycles. The first-order chi connectivity index (χ1) is 13.7. The van der Waals surface area contributed by atoms with Crippen LogP contribution in [0.2, 0.25) is 0 Å². The van der Waals surface area contributed by atoms with Crippen LogP contribution in [-0.4, -0.2) is 6.16 Å². The van der Waals surface area contributed by atoms with Crippen LogP contribution in [0.4, 0.5) is 0 Å². The van der Waals surface area contributed by atoms with Gasteiger partial charge < -0.3 is 0 Å². The maximum atomic E-state index is 8.79. The Labute approximate surface area is 177 Å². The topological polar surface area (TPSA) is 23.8 Å². The minimum absolute atomic E-state index is 0.661. The van der Waals surface area contributed by atoms with Gasteiger partial charge in [0.15, 0.2) is 0 Å². The van der Waals surface area contributed by atoms with Gasteiger partial charge in [0.25, 0.3) is 0 Å². The molecule has 0 saturated carbocycles. The Kier molecular flexibility index (Phi) is 7.06. The van der Waals surface area contributed by atoms with Crippen molar-refractivity contribution in [3.8, 4) is 6.07 Å². The fraction of sp³-hybridized carbons (Fsp3) is 0.240. The van der Waals surface area contributed by atoms with Crippen LogP contribution in [0.1, 0.15) is 32.1 Å². The van der Waals surface area contributed by atoms with Crippen molar-refractivity contribution in [1.82, 2.24) is 0 Å². The SMILES string of the molecule is N#CCCCCCCP(Br)(c1ccccc1)(c1ccccc1)c1ccccc1. The monoisotopic (exact) mass is 451 g/mol. The normalized spacial score (nSPS) is 12.6.